The molecule has 0 aromatic heterocycles. The number of Topliss-reactive ketones (excluding diaryl/α,β-unsaturated/α-hetero) is 1. The number of carbonyl (C=O) groups excluding carboxylic acids is 2. The minimum absolute atomic E-state index is 0.0429. The van der Waals surface area contributed by atoms with Crippen LogP contribution in [-0.4, -0.2) is 17.9 Å². The van der Waals surface area contributed by atoms with E-state index in [-0.39, 0.29) is 23.4 Å². The fourth-order valence-electron chi connectivity index (χ4n) is 7.67. The van der Waals surface area contributed by atoms with Gasteiger partial charge in [0.1, 0.15) is 11.9 Å². The molecule has 0 unspecified atom stereocenters. The molecule has 4 fully saturated rings. The van der Waals surface area contributed by atoms with E-state index in [0.717, 1.165) is 37.5 Å². The number of hydrogen-bond acceptors (Lipinski definition) is 3. The number of ketones is 1. The second-order valence-corrected chi connectivity index (χ2v) is 10.1. The highest BCUT2D eigenvalue weighted by Crippen LogP contribution is 2.66. The minimum Gasteiger partial charge on any atom is -0.463 e. The number of hydrogen-bond donors (Lipinski definition) is 0. The topological polar surface area (TPSA) is 43.4 Å². The molecule has 0 aromatic carbocycles. The lowest BCUT2D eigenvalue weighted by Gasteiger charge is -2.60. The number of fused-ring (bicyclic) bond motifs is 5. The predicted molar refractivity (Wildman–Crippen MR) is 96.8 cm³/mol. The van der Waals surface area contributed by atoms with Gasteiger partial charge in [0.25, 0.3) is 0 Å². The summed E-state index contributed by atoms with van der Waals surface area (Å²) in [7, 11) is 0. The summed E-state index contributed by atoms with van der Waals surface area (Å²) < 4.78 is 5.55. The van der Waals surface area contributed by atoms with Crippen molar-refractivity contribution in [2.45, 2.75) is 85.2 Å². The van der Waals surface area contributed by atoms with Crippen molar-refractivity contribution >= 4 is 11.8 Å². The Balaban J connectivity index is 1.55. The van der Waals surface area contributed by atoms with Crippen molar-refractivity contribution in [1.82, 2.24) is 0 Å². The summed E-state index contributed by atoms with van der Waals surface area (Å²) in [6.45, 7) is 8.47. The van der Waals surface area contributed by atoms with Gasteiger partial charge in [-0.1, -0.05) is 20.8 Å². The molecule has 0 spiro atoms. The molecule has 4 aliphatic carbocycles. The van der Waals surface area contributed by atoms with Crippen LogP contribution in [0.1, 0.15) is 79.1 Å². The number of ether oxygens (including phenoxy) is 1. The average Bonchev–Trinajstić information content (AvgIpc) is 2.78. The van der Waals surface area contributed by atoms with Crippen LogP contribution in [0.3, 0.4) is 0 Å². The first-order chi connectivity index (χ1) is 11.8. The van der Waals surface area contributed by atoms with E-state index in [9.17, 15) is 9.59 Å². The SMILES string of the molecule is CC(=O)O[C@@H]1CC[C@@]2(C)[C@@H](CC[C@@H]3[C@H]2CC[C@]2(C)C(=O)[C@H](C)C[C@H]32)C1. The number of esters is 1. The molecule has 25 heavy (non-hydrogen) atoms. The smallest absolute Gasteiger partial charge is 0.302 e. The zero-order valence-electron chi connectivity index (χ0n) is 16.3. The van der Waals surface area contributed by atoms with Gasteiger partial charge in [-0.25, -0.2) is 0 Å². The molecule has 0 aromatic rings. The Morgan fingerprint density at radius 1 is 1.04 bits per heavy atom. The van der Waals surface area contributed by atoms with Crippen LogP contribution in [0.15, 0.2) is 0 Å². The summed E-state index contributed by atoms with van der Waals surface area (Å²) in [5.41, 5.74) is 0.342. The van der Waals surface area contributed by atoms with Crippen LogP contribution in [0.4, 0.5) is 0 Å². The highest BCUT2D eigenvalue weighted by atomic mass is 16.5. The zero-order chi connectivity index (χ0) is 18.0. The molecule has 8 atom stereocenters. The van der Waals surface area contributed by atoms with Crippen molar-refractivity contribution in [1.29, 1.82) is 0 Å². The molecule has 140 valence electrons. The Kier molecular flexibility index (Phi) is 4.09. The van der Waals surface area contributed by atoms with E-state index in [1.165, 1.54) is 32.6 Å². The monoisotopic (exact) mass is 346 g/mol. The van der Waals surface area contributed by atoms with E-state index < -0.39 is 0 Å². The van der Waals surface area contributed by atoms with Crippen LogP contribution in [0.2, 0.25) is 0 Å². The second-order valence-electron chi connectivity index (χ2n) is 10.1. The quantitative estimate of drug-likeness (QED) is 0.642. The van der Waals surface area contributed by atoms with E-state index in [2.05, 4.69) is 20.8 Å². The molecule has 0 amide bonds. The molecule has 4 aliphatic rings. The third-order valence-electron chi connectivity index (χ3n) is 8.96. The maximum absolute atomic E-state index is 12.8. The normalized spacial score (nSPS) is 52.1. The van der Waals surface area contributed by atoms with Crippen LogP contribution >= 0.6 is 0 Å². The minimum atomic E-state index is -0.130. The van der Waals surface area contributed by atoms with Crippen molar-refractivity contribution in [3.63, 3.8) is 0 Å². The molecule has 0 N–H and O–H groups in total. The Morgan fingerprint density at radius 2 is 1.80 bits per heavy atom. The molecule has 0 aliphatic heterocycles. The van der Waals surface area contributed by atoms with Gasteiger partial charge in [0.05, 0.1) is 0 Å². The Hall–Kier alpha value is -0.860. The molecular formula is C22H34O3. The zero-order valence-corrected chi connectivity index (χ0v) is 16.3. The Morgan fingerprint density at radius 3 is 2.52 bits per heavy atom. The summed E-state index contributed by atoms with van der Waals surface area (Å²) in [4.78, 5) is 24.1. The molecule has 3 heteroatoms. The fourth-order valence-corrected chi connectivity index (χ4v) is 7.67. The first-order valence-corrected chi connectivity index (χ1v) is 10.5. The summed E-state index contributed by atoms with van der Waals surface area (Å²) in [5.74, 6) is 3.47. The molecule has 0 radical (unpaired) electrons. The van der Waals surface area contributed by atoms with Gasteiger partial charge in [-0.15, -0.1) is 0 Å². The Bertz CT molecular complexity index is 584. The van der Waals surface area contributed by atoms with Crippen LogP contribution in [0.5, 0.6) is 0 Å². The number of rotatable bonds is 1. The highest BCUT2D eigenvalue weighted by Gasteiger charge is 2.61. The predicted octanol–water partition coefficient (Wildman–Crippen LogP) is 4.78. The first-order valence-electron chi connectivity index (χ1n) is 10.5. The molecule has 0 bridgehead atoms. The van der Waals surface area contributed by atoms with Crippen LogP contribution in [0.25, 0.3) is 0 Å². The van der Waals surface area contributed by atoms with Crippen molar-refractivity contribution in [2.75, 3.05) is 0 Å². The van der Waals surface area contributed by atoms with Crippen LogP contribution in [0, 0.1) is 40.4 Å². The number of carbonyl (C=O) groups is 2. The first kappa shape index (κ1) is 17.5. The van der Waals surface area contributed by atoms with Gasteiger partial charge in [-0.3, -0.25) is 9.59 Å². The lowest BCUT2D eigenvalue weighted by Crippen LogP contribution is -2.54. The lowest BCUT2D eigenvalue weighted by molar-refractivity contribution is -0.160. The molecule has 3 nitrogen and oxygen atoms in total. The lowest BCUT2D eigenvalue weighted by atomic mass is 9.45. The van der Waals surface area contributed by atoms with Gasteiger partial charge < -0.3 is 4.74 Å². The standard InChI is InChI=1S/C22H34O3/c1-13-11-19-17-6-5-15-12-16(25-14(2)23)7-9-21(15,3)18(17)8-10-22(19,4)20(13)24/h13,15-19H,5-12H2,1-4H3/t13-,15+,16-,17-,18-,19-,21+,22+/m1/s1. The second kappa shape index (κ2) is 5.82. The van der Waals surface area contributed by atoms with Crippen molar-refractivity contribution in [3.05, 3.63) is 0 Å². The van der Waals surface area contributed by atoms with Crippen molar-refractivity contribution in [2.24, 2.45) is 40.4 Å². The fraction of sp³-hybridized carbons (Fsp3) is 0.909. The van der Waals surface area contributed by atoms with Gasteiger partial charge in [0, 0.05) is 18.3 Å². The van der Waals surface area contributed by atoms with Gasteiger partial charge in [-0.05, 0) is 80.5 Å². The third kappa shape index (κ3) is 2.51. The van der Waals surface area contributed by atoms with E-state index in [4.69, 9.17) is 4.74 Å². The third-order valence-corrected chi connectivity index (χ3v) is 8.96. The molecule has 4 rings (SSSR count). The summed E-state index contributed by atoms with van der Waals surface area (Å²) >= 11 is 0. The van der Waals surface area contributed by atoms with Gasteiger partial charge in [0.15, 0.2) is 0 Å². The van der Waals surface area contributed by atoms with E-state index in [1.54, 1.807) is 0 Å². The highest BCUT2D eigenvalue weighted by molar-refractivity contribution is 5.89. The summed E-state index contributed by atoms with van der Waals surface area (Å²) in [6, 6.07) is 0. The average molecular weight is 347 g/mol. The van der Waals surface area contributed by atoms with Crippen molar-refractivity contribution in [3.8, 4) is 0 Å². The molecule has 0 heterocycles. The maximum Gasteiger partial charge on any atom is 0.302 e. The van der Waals surface area contributed by atoms with Gasteiger partial charge in [0.2, 0.25) is 0 Å². The van der Waals surface area contributed by atoms with E-state index >= 15 is 0 Å². The van der Waals surface area contributed by atoms with Crippen molar-refractivity contribution < 1.29 is 14.3 Å². The molecule has 0 saturated heterocycles. The summed E-state index contributed by atoms with van der Waals surface area (Å²) in [5, 5.41) is 0. The maximum atomic E-state index is 12.8. The largest absolute Gasteiger partial charge is 0.463 e. The van der Waals surface area contributed by atoms with Gasteiger partial charge in [-0.2, -0.15) is 0 Å². The van der Waals surface area contributed by atoms with Crippen LogP contribution in [-0.2, 0) is 14.3 Å². The van der Waals surface area contributed by atoms with E-state index in [1.807, 2.05) is 0 Å². The van der Waals surface area contributed by atoms with E-state index in [0.29, 0.717) is 23.0 Å². The van der Waals surface area contributed by atoms with Gasteiger partial charge >= 0.3 is 5.97 Å². The molecular weight excluding hydrogens is 312 g/mol. The summed E-state index contributed by atoms with van der Waals surface area (Å²) in [6.07, 6.45) is 9.36. The molecule has 4 saturated carbocycles. The van der Waals surface area contributed by atoms with Crippen LogP contribution < -0.4 is 0 Å². The Labute approximate surface area is 152 Å².